The highest BCUT2D eigenvalue weighted by molar-refractivity contribution is 9.10. The van der Waals surface area contributed by atoms with Crippen molar-refractivity contribution >= 4 is 21.6 Å². The molecule has 108 valence electrons. The summed E-state index contributed by atoms with van der Waals surface area (Å²) in [4.78, 5) is 10.5. The van der Waals surface area contributed by atoms with Crippen molar-refractivity contribution < 1.29 is 4.92 Å². The van der Waals surface area contributed by atoms with Crippen LogP contribution in [0.2, 0.25) is 0 Å². The fourth-order valence-corrected chi connectivity index (χ4v) is 4.40. The molecule has 2 saturated carbocycles. The van der Waals surface area contributed by atoms with Crippen molar-refractivity contribution in [3.8, 4) is 0 Å². The molecule has 20 heavy (non-hydrogen) atoms. The molecule has 1 aromatic carbocycles. The second-order valence-corrected chi connectivity index (χ2v) is 7.06. The molecule has 4 nitrogen and oxygen atoms in total. The second kappa shape index (κ2) is 5.82. The van der Waals surface area contributed by atoms with Crippen molar-refractivity contribution in [2.24, 2.45) is 17.8 Å². The molecule has 5 heteroatoms. The topological polar surface area (TPSA) is 55.2 Å². The Bertz CT molecular complexity index is 521. The van der Waals surface area contributed by atoms with E-state index in [-0.39, 0.29) is 10.6 Å². The standard InChI is InChI=1S/C15H19BrN2O2/c16-14-5-11(6-15(7-14)18(19)20)8-17-9-13-4-10-1-2-12(13)3-10/h5-7,10,12-13,17H,1-4,8-9H2. The maximum Gasteiger partial charge on any atom is 0.270 e. The summed E-state index contributed by atoms with van der Waals surface area (Å²) in [7, 11) is 0. The molecule has 0 spiro atoms. The monoisotopic (exact) mass is 338 g/mol. The van der Waals surface area contributed by atoms with Crippen molar-refractivity contribution in [2.75, 3.05) is 6.54 Å². The third-order valence-electron chi connectivity index (χ3n) is 4.77. The molecule has 2 aliphatic carbocycles. The molecule has 2 fully saturated rings. The zero-order valence-electron chi connectivity index (χ0n) is 11.3. The molecular formula is C15H19BrN2O2. The Morgan fingerprint density at radius 2 is 2.15 bits per heavy atom. The lowest BCUT2D eigenvalue weighted by atomic mass is 9.89. The van der Waals surface area contributed by atoms with Crippen molar-refractivity contribution in [1.82, 2.24) is 5.32 Å². The van der Waals surface area contributed by atoms with Gasteiger partial charge in [-0.15, -0.1) is 0 Å². The highest BCUT2D eigenvalue weighted by Gasteiger charge is 2.38. The smallest absolute Gasteiger partial charge is 0.270 e. The van der Waals surface area contributed by atoms with Gasteiger partial charge in [0.15, 0.2) is 0 Å². The van der Waals surface area contributed by atoms with Crippen LogP contribution in [0.3, 0.4) is 0 Å². The summed E-state index contributed by atoms with van der Waals surface area (Å²) in [6, 6.07) is 5.14. The first-order chi connectivity index (χ1) is 9.61. The molecule has 3 unspecified atom stereocenters. The Hall–Kier alpha value is -0.940. The van der Waals surface area contributed by atoms with Crippen LogP contribution in [-0.4, -0.2) is 11.5 Å². The molecule has 1 N–H and O–H groups in total. The van der Waals surface area contributed by atoms with Gasteiger partial charge in [0.25, 0.3) is 5.69 Å². The van der Waals surface area contributed by atoms with Crippen LogP contribution in [-0.2, 0) is 6.54 Å². The predicted molar refractivity (Wildman–Crippen MR) is 81.4 cm³/mol. The van der Waals surface area contributed by atoms with Crippen LogP contribution in [0, 0.1) is 27.9 Å². The number of benzene rings is 1. The molecule has 0 aromatic heterocycles. The minimum atomic E-state index is -0.343. The second-order valence-electron chi connectivity index (χ2n) is 6.14. The van der Waals surface area contributed by atoms with Crippen LogP contribution in [0.5, 0.6) is 0 Å². The molecule has 1 aromatic rings. The number of non-ortho nitro benzene ring substituents is 1. The van der Waals surface area contributed by atoms with Gasteiger partial charge in [0.1, 0.15) is 0 Å². The predicted octanol–water partition coefficient (Wildman–Crippen LogP) is 3.88. The summed E-state index contributed by atoms with van der Waals surface area (Å²) in [5.74, 6) is 2.71. The number of nitrogens with zero attached hydrogens (tertiary/aromatic N) is 1. The number of nitro benzene ring substituents is 1. The first-order valence-electron chi connectivity index (χ1n) is 7.26. The van der Waals surface area contributed by atoms with E-state index in [1.54, 1.807) is 12.1 Å². The number of nitro groups is 1. The zero-order chi connectivity index (χ0) is 14.1. The van der Waals surface area contributed by atoms with E-state index in [9.17, 15) is 10.1 Å². The Morgan fingerprint density at radius 1 is 1.30 bits per heavy atom. The van der Waals surface area contributed by atoms with Gasteiger partial charge < -0.3 is 5.32 Å². The van der Waals surface area contributed by atoms with Crippen molar-refractivity contribution in [3.63, 3.8) is 0 Å². The lowest BCUT2D eigenvalue weighted by molar-refractivity contribution is -0.385. The van der Waals surface area contributed by atoms with Gasteiger partial charge >= 0.3 is 0 Å². The Morgan fingerprint density at radius 3 is 2.80 bits per heavy atom. The summed E-state index contributed by atoms with van der Waals surface area (Å²) in [6.07, 6.45) is 5.63. The summed E-state index contributed by atoms with van der Waals surface area (Å²) in [5.41, 5.74) is 1.12. The number of rotatable bonds is 5. The Labute approximate surface area is 127 Å². The molecule has 0 amide bonds. The van der Waals surface area contributed by atoms with Gasteiger partial charge in [0, 0.05) is 23.2 Å². The summed E-state index contributed by atoms with van der Waals surface area (Å²) < 4.78 is 0.767. The van der Waals surface area contributed by atoms with E-state index in [0.717, 1.165) is 34.3 Å². The minimum absolute atomic E-state index is 0.149. The van der Waals surface area contributed by atoms with Gasteiger partial charge in [-0.05, 0) is 55.2 Å². The third-order valence-corrected chi connectivity index (χ3v) is 5.23. The lowest BCUT2D eigenvalue weighted by Gasteiger charge is -2.21. The average Bonchev–Trinajstić information content (AvgIpc) is 3.00. The van der Waals surface area contributed by atoms with Gasteiger partial charge in [0.2, 0.25) is 0 Å². The molecule has 3 rings (SSSR count). The quantitative estimate of drug-likeness (QED) is 0.654. The van der Waals surface area contributed by atoms with Gasteiger partial charge in [-0.25, -0.2) is 0 Å². The molecule has 0 heterocycles. The average molecular weight is 339 g/mol. The van der Waals surface area contributed by atoms with Gasteiger partial charge in [-0.1, -0.05) is 22.4 Å². The summed E-state index contributed by atoms with van der Waals surface area (Å²) in [6.45, 7) is 1.75. The fraction of sp³-hybridized carbons (Fsp3) is 0.600. The van der Waals surface area contributed by atoms with E-state index in [1.165, 1.54) is 25.7 Å². The number of hydrogen-bond donors (Lipinski definition) is 1. The maximum absolute atomic E-state index is 10.8. The first-order valence-corrected chi connectivity index (χ1v) is 8.05. The van der Waals surface area contributed by atoms with Crippen molar-refractivity contribution in [2.45, 2.75) is 32.2 Å². The van der Waals surface area contributed by atoms with Crippen molar-refractivity contribution in [1.29, 1.82) is 0 Å². The SMILES string of the molecule is O=[N+]([O-])c1cc(Br)cc(CNCC2CC3CCC2C3)c1. The van der Waals surface area contributed by atoms with E-state index in [1.807, 2.05) is 6.07 Å². The highest BCUT2D eigenvalue weighted by atomic mass is 79.9. The van der Waals surface area contributed by atoms with Gasteiger partial charge in [-0.2, -0.15) is 0 Å². The molecule has 2 aliphatic rings. The third kappa shape index (κ3) is 3.04. The van der Waals surface area contributed by atoms with Crippen LogP contribution >= 0.6 is 15.9 Å². The van der Waals surface area contributed by atoms with Crippen LogP contribution in [0.15, 0.2) is 22.7 Å². The maximum atomic E-state index is 10.8. The van der Waals surface area contributed by atoms with E-state index in [0.29, 0.717) is 6.54 Å². The molecular weight excluding hydrogens is 320 g/mol. The number of nitrogens with one attached hydrogen (secondary N) is 1. The van der Waals surface area contributed by atoms with E-state index < -0.39 is 0 Å². The molecule has 0 saturated heterocycles. The van der Waals surface area contributed by atoms with Crippen LogP contribution in [0.1, 0.15) is 31.2 Å². The van der Waals surface area contributed by atoms with Crippen molar-refractivity contribution in [3.05, 3.63) is 38.3 Å². The lowest BCUT2D eigenvalue weighted by Crippen LogP contribution is -2.26. The Balaban J connectivity index is 1.54. The minimum Gasteiger partial charge on any atom is -0.312 e. The van der Waals surface area contributed by atoms with E-state index in [4.69, 9.17) is 0 Å². The molecule has 0 aliphatic heterocycles. The molecule has 0 radical (unpaired) electrons. The number of hydrogen-bond acceptors (Lipinski definition) is 3. The normalized spacial score (nSPS) is 27.9. The van der Waals surface area contributed by atoms with Crippen LogP contribution in [0.25, 0.3) is 0 Å². The first kappa shape index (κ1) is 14.0. The largest absolute Gasteiger partial charge is 0.312 e. The highest BCUT2D eigenvalue weighted by Crippen LogP contribution is 2.47. The van der Waals surface area contributed by atoms with Gasteiger partial charge in [-0.3, -0.25) is 10.1 Å². The van der Waals surface area contributed by atoms with Gasteiger partial charge in [0.05, 0.1) is 4.92 Å². The van der Waals surface area contributed by atoms with E-state index >= 15 is 0 Å². The van der Waals surface area contributed by atoms with E-state index in [2.05, 4.69) is 21.2 Å². The molecule has 3 atom stereocenters. The number of fused-ring (bicyclic) bond motifs is 2. The molecule has 2 bridgehead atoms. The summed E-state index contributed by atoms with van der Waals surface area (Å²) >= 11 is 3.33. The summed E-state index contributed by atoms with van der Waals surface area (Å²) in [5, 5.41) is 14.3. The fourth-order valence-electron chi connectivity index (χ4n) is 3.87. The number of halogens is 1. The Kier molecular flexibility index (Phi) is 4.08. The van der Waals surface area contributed by atoms with Crippen LogP contribution in [0.4, 0.5) is 5.69 Å². The zero-order valence-corrected chi connectivity index (χ0v) is 12.9. The van der Waals surface area contributed by atoms with Crippen LogP contribution < -0.4 is 5.32 Å².